The smallest absolute Gasteiger partial charge is 0.237 e. The van der Waals surface area contributed by atoms with Crippen LogP contribution in [0.1, 0.15) is 52.0 Å². The van der Waals surface area contributed by atoms with Gasteiger partial charge in [-0.2, -0.15) is 0 Å². The Hall–Kier alpha value is -1.35. The number of carbonyl (C=O) groups excluding carboxylic acids is 1. The van der Waals surface area contributed by atoms with E-state index in [1.54, 1.807) is 0 Å². The van der Waals surface area contributed by atoms with Gasteiger partial charge in [0.15, 0.2) is 0 Å². The van der Waals surface area contributed by atoms with E-state index in [-0.39, 0.29) is 11.9 Å². The van der Waals surface area contributed by atoms with Crippen molar-refractivity contribution in [2.45, 2.75) is 65.0 Å². The van der Waals surface area contributed by atoms with Crippen molar-refractivity contribution >= 4 is 5.91 Å². The van der Waals surface area contributed by atoms with Crippen LogP contribution in [-0.2, 0) is 11.2 Å². The SMILES string of the molecule is CC(C)CCCC(C)NC(=O)[C@@H](N)CCc1ccccc1. The minimum absolute atomic E-state index is 0.0250. The summed E-state index contributed by atoms with van der Waals surface area (Å²) in [6.45, 7) is 6.51. The molecule has 0 aliphatic rings. The maximum absolute atomic E-state index is 12.0. The van der Waals surface area contributed by atoms with Crippen LogP contribution >= 0.6 is 0 Å². The summed E-state index contributed by atoms with van der Waals surface area (Å²) in [4.78, 5) is 12.0. The molecule has 1 unspecified atom stereocenters. The molecule has 118 valence electrons. The highest BCUT2D eigenvalue weighted by molar-refractivity contribution is 5.81. The molecule has 0 spiro atoms. The third-order valence-electron chi connectivity index (χ3n) is 3.73. The predicted molar refractivity (Wildman–Crippen MR) is 89.0 cm³/mol. The van der Waals surface area contributed by atoms with Gasteiger partial charge in [0.2, 0.25) is 5.91 Å². The van der Waals surface area contributed by atoms with Crippen LogP contribution in [0, 0.1) is 5.92 Å². The summed E-state index contributed by atoms with van der Waals surface area (Å²) in [7, 11) is 0. The van der Waals surface area contributed by atoms with E-state index in [0.29, 0.717) is 6.42 Å². The van der Waals surface area contributed by atoms with Crippen LogP contribution in [0.2, 0.25) is 0 Å². The third-order valence-corrected chi connectivity index (χ3v) is 3.73. The second kappa shape index (κ2) is 9.56. The summed E-state index contributed by atoms with van der Waals surface area (Å²) in [5, 5.41) is 3.03. The Balaban J connectivity index is 2.24. The van der Waals surface area contributed by atoms with Crippen molar-refractivity contribution in [3.63, 3.8) is 0 Å². The molecule has 0 saturated carbocycles. The zero-order chi connectivity index (χ0) is 15.7. The van der Waals surface area contributed by atoms with E-state index in [0.717, 1.165) is 25.2 Å². The lowest BCUT2D eigenvalue weighted by Crippen LogP contribution is -2.44. The molecule has 0 saturated heterocycles. The second-order valence-corrected chi connectivity index (χ2v) is 6.37. The molecule has 0 heterocycles. The molecule has 21 heavy (non-hydrogen) atoms. The summed E-state index contributed by atoms with van der Waals surface area (Å²) in [6.07, 6.45) is 4.92. The average Bonchev–Trinajstić information content (AvgIpc) is 2.45. The van der Waals surface area contributed by atoms with E-state index in [9.17, 15) is 4.79 Å². The van der Waals surface area contributed by atoms with Crippen molar-refractivity contribution in [1.29, 1.82) is 0 Å². The minimum atomic E-state index is -0.419. The maximum atomic E-state index is 12.0. The molecule has 0 fully saturated rings. The average molecular weight is 290 g/mol. The van der Waals surface area contributed by atoms with E-state index in [1.165, 1.54) is 12.0 Å². The molecule has 1 aromatic rings. The summed E-state index contributed by atoms with van der Waals surface area (Å²) in [5.74, 6) is 0.698. The number of nitrogens with two attached hydrogens (primary N) is 1. The van der Waals surface area contributed by atoms with Gasteiger partial charge in [-0.25, -0.2) is 0 Å². The van der Waals surface area contributed by atoms with Crippen LogP contribution in [0.25, 0.3) is 0 Å². The van der Waals surface area contributed by atoms with Gasteiger partial charge < -0.3 is 11.1 Å². The van der Waals surface area contributed by atoms with Gasteiger partial charge in [0.05, 0.1) is 6.04 Å². The minimum Gasteiger partial charge on any atom is -0.352 e. The number of hydrogen-bond donors (Lipinski definition) is 2. The molecule has 2 atom stereocenters. The van der Waals surface area contributed by atoms with Gasteiger partial charge in [-0.1, -0.05) is 57.0 Å². The summed E-state index contributed by atoms with van der Waals surface area (Å²) in [5.41, 5.74) is 7.21. The molecule has 0 bridgehead atoms. The highest BCUT2D eigenvalue weighted by Crippen LogP contribution is 2.09. The second-order valence-electron chi connectivity index (χ2n) is 6.37. The van der Waals surface area contributed by atoms with Gasteiger partial charge in [0, 0.05) is 6.04 Å². The quantitative estimate of drug-likeness (QED) is 0.733. The Kier molecular flexibility index (Phi) is 8.06. The largest absolute Gasteiger partial charge is 0.352 e. The van der Waals surface area contributed by atoms with Crippen LogP contribution < -0.4 is 11.1 Å². The van der Waals surface area contributed by atoms with Gasteiger partial charge in [0.1, 0.15) is 0 Å². The molecule has 3 heteroatoms. The summed E-state index contributed by atoms with van der Waals surface area (Å²) < 4.78 is 0. The number of rotatable bonds is 9. The van der Waals surface area contributed by atoms with E-state index >= 15 is 0 Å². The molecule has 0 radical (unpaired) electrons. The van der Waals surface area contributed by atoms with Crippen LogP contribution in [0.4, 0.5) is 0 Å². The molecular formula is C18H30N2O. The first-order valence-electron chi connectivity index (χ1n) is 8.09. The van der Waals surface area contributed by atoms with Gasteiger partial charge >= 0.3 is 0 Å². The molecule has 1 amide bonds. The highest BCUT2D eigenvalue weighted by Gasteiger charge is 2.15. The fraction of sp³-hybridized carbons (Fsp3) is 0.611. The Labute approximate surface area is 129 Å². The summed E-state index contributed by atoms with van der Waals surface area (Å²) in [6, 6.07) is 9.94. The van der Waals surface area contributed by atoms with Crippen LogP contribution in [0.3, 0.4) is 0 Å². The molecule has 1 aromatic carbocycles. The van der Waals surface area contributed by atoms with E-state index in [1.807, 2.05) is 18.2 Å². The first-order chi connectivity index (χ1) is 9.99. The zero-order valence-electron chi connectivity index (χ0n) is 13.6. The normalized spacial score (nSPS) is 14.0. The molecule has 0 aliphatic carbocycles. The summed E-state index contributed by atoms with van der Waals surface area (Å²) >= 11 is 0. The van der Waals surface area contributed by atoms with Gasteiger partial charge in [-0.15, -0.1) is 0 Å². The Morgan fingerprint density at radius 3 is 2.38 bits per heavy atom. The lowest BCUT2D eigenvalue weighted by atomic mass is 10.0. The van der Waals surface area contributed by atoms with Crippen molar-refractivity contribution < 1.29 is 4.79 Å². The number of benzene rings is 1. The topological polar surface area (TPSA) is 55.1 Å². The van der Waals surface area contributed by atoms with Gasteiger partial charge in [-0.05, 0) is 37.7 Å². The number of hydrogen-bond acceptors (Lipinski definition) is 2. The molecule has 1 rings (SSSR count). The van der Waals surface area contributed by atoms with Crippen molar-refractivity contribution in [3.8, 4) is 0 Å². The Morgan fingerprint density at radius 2 is 1.76 bits per heavy atom. The molecule has 0 aromatic heterocycles. The first-order valence-corrected chi connectivity index (χ1v) is 8.09. The Bertz CT molecular complexity index is 403. The number of amides is 1. The van der Waals surface area contributed by atoms with Crippen molar-refractivity contribution in [3.05, 3.63) is 35.9 Å². The number of aryl methyl sites for hydroxylation is 1. The van der Waals surface area contributed by atoms with E-state index < -0.39 is 6.04 Å². The molecule has 3 nitrogen and oxygen atoms in total. The van der Waals surface area contributed by atoms with Gasteiger partial charge in [-0.3, -0.25) is 4.79 Å². The number of nitrogens with one attached hydrogen (secondary N) is 1. The molecule has 0 aliphatic heterocycles. The molecule has 3 N–H and O–H groups in total. The van der Waals surface area contributed by atoms with Crippen molar-refractivity contribution in [1.82, 2.24) is 5.32 Å². The van der Waals surface area contributed by atoms with Gasteiger partial charge in [0.25, 0.3) is 0 Å². The predicted octanol–water partition coefficient (Wildman–Crippen LogP) is 3.28. The third kappa shape index (κ3) is 7.86. The van der Waals surface area contributed by atoms with Crippen LogP contribution in [-0.4, -0.2) is 18.0 Å². The fourth-order valence-electron chi connectivity index (χ4n) is 2.35. The Morgan fingerprint density at radius 1 is 1.10 bits per heavy atom. The maximum Gasteiger partial charge on any atom is 0.237 e. The molecular weight excluding hydrogens is 260 g/mol. The lowest BCUT2D eigenvalue weighted by molar-refractivity contribution is -0.123. The highest BCUT2D eigenvalue weighted by atomic mass is 16.2. The van der Waals surface area contributed by atoms with E-state index in [4.69, 9.17) is 5.73 Å². The first kappa shape index (κ1) is 17.7. The van der Waals surface area contributed by atoms with E-state index in [2.05, 4.69) is 38.2 Å². The standard InChI is InChI=1S/C18H30N2O/c1-14(2)8-7-9-15(3)20-18(21)17(19)13-12-16-10-5-4-6-11-16/h4-6,10-11,14-15,17H,7-9,12-13,19H2,1-3H3,(H,20,21)/t15?,17-/m0/s1. The zero-order valence-corrected chi connectivity index (χ0v) is 13.6. The van der Waals surface area contributed by atoms with Crippen molar-refractivity contribution in [2.24, 2.45) is 11.7 Å². The van der Waals surface area contributed by atoms with Crippen LogP contribution in [0.15, 0.2) is 30.3 Å². The fourth-order valence-corrected chi connectivity index (χ4v) is 2.35. The van der Waals surface area contributed by atoms with Crippen LogP contribution in [0.5, 0.6) is 0 Å². The monoisotopic (exact) mass is 290 g/mol. The van der Waals surface area contributed by atoms with Crippen molar-refractivity contribution in [2.75, 3.05) is 0 Å². The lowest BCUT2D eigenvalue weighted by Gasteiger charge is -2.18. The number of carbonyl (C=O) groups is 1.